The van der Waals surface area contributed by atoms with Gasteiger partial charge >= 0.3 is 0 Å². The zero-order valence-corrected chi connectivity index (χ0v) is 33.6. The number of allylic oxidation sites excluding steroid dienone is 6. The van der Waals surface area contributed by atoms with Gasteiger partial charge in [0.25, 0.3) is 0 Å². The summed E-state index contributed by atoms with van der Waals surface area (Å²) in [6.07, 6.45) is 15.3. The Labute approximate surface area is 348 Å². The van der Waals surface area contributed by atoms with Crippen molar-refractivity contribution in [1.82, 2.24) is 0 Å². The fourth-order valence-corrected chi connectivity index (χ4v) is 11.4. The summed E-state index contributed by atoms with van der Waals surface area (Å²) in [7, 11) is 0. The topological polar surface area (TPSA) is 3.24 Å². The maximum atomic E-state index is 2.58. The first kappa shape index (κ1) is 34.4. The standard InChI is InChI=1S/C58H45N/c1-57(2)50-25-13-9-21-43(50)47-32-30-42(37-55(47)57)59(56-34-29-40(38-17-5-3-6-18-38)35-48(56)39-19-7-4-8-20-39)41-31-33-54-49(36-41)46-24-12-16-28-53(46)58(54)51-26-14-10-22-44(51)45-23-11-15-27-52(45)58/h3,5-7,9-28,30-37,40H,4,8,29H2,1-2H3. The summed E-state index contributed by atoms with van der Waals surface area (Å²) in [6, 6.07) is 62.0. The molecule has 0 bridgehead atoms. The minimum Gasteiger partial charge on any atom is -0.310 e. The van der Waals surface area contributed by atoms with Crippen LogP contribution in [0.2, 0.25) is 0 Å². The van der Waals surface area contributed by atoms with E-state index in [1.807, 2.05) is 0 Å². The lowest BCUT2D eigenvalue weighted by atomic mass is 9.70. The molecule has 5 aliphatic carbocycles. The summed E-state index contributed by atoms with van der Waals surface area (Å²) in [4.78, 5) is 2.58. The molecule has 0 N–H and O–H groups in total. The molecule has 0 aliphatic heterocycles. The molecule has 1 heteroatoms. The van der Waals surface area contributed by atoms with Gasteiger partial charge in [-0.25, -0.2) is 0 Å². The van der Waals surface area contributed by atoms with Crippen molar-refractivity contribution in [2.24, 2.45) is 0 Å². The second-order valence-electron chi connectivity index (χ2n) is 17.4. The van der Waals surface area contributed by atoms with Crippen molar-refractivity contribution in [3.05, 3.63) is 250 Å². The summed E-state index contributed by atoms with van der Waals surface area (Å²) in [5.41, 5.74) is 23.4. The van der Waals surface area contributed by atoms with Gasteiger partial charge in [-0.1, -0.05) is 184 Å². The number of nitrogens with zero attached hydrogens (tertiary/aromatic N) is 1. The third-order valence-corrected chi connectivity index (χ3v) is 14.0. The van der Waals surface area contributed by atoms with Crippen LogP contribution in [0.25, 0.3) is 33.4 Å². The number of benzene rings is 7. The van der Waals surface area contributed by atoms with Crippen molar-refractivity contribution in [3.63, 3.8) is 0 Å². The third-order valence-electron chi connectivity index (χ3n) is 14.0. The van der Waals surface area contributed by atoms with Crippen LogP contribution in [-0.2, 0) is 10.8 Å². The lowest BCUT2D eigenvalue weighted by Crippen LogP contribution is -2.26. The average Bonchev–Trinajstić information content (AvgIpc) is 3.85. The summed E-state index contributed by atoms with van der Waals surface area (Å²) >= 11 is 0. The highest BCUT2D eigenvalue weighted by atomic mass is 15.2. The van der Waals surface area contributed by atoms with Crippen LogP contribution in [0.15, 0.2) is 211 Å². The second-order valence-corrected chi connectivity index (χ2v) is 17.4. The highest BCUT2D eigenvalue weighted by molar-refractivity contribution is 5.96. The number of hydrogen-bond acceptors (Lipinski definition) is 1. The first-order valence-corrected chi connectivity index (χ1v) is 21.4. The predicted octanol–water partition coefficient (Wildman–Crippen LogP) is 14.7. The zero-order chi connectivity index (χ0) is 39.3. The van der Waals surface area contributed by atoms with E-state index in [1.165, 1.54) is 101 Å². The van der Waals surface area contributed by atoms with Crippen molar-refractivity contribution < 1.29 is 0 Å². The molecule has 282 valence electrons. The molecule has 0 fully saturated rings. The van der Waals surface area contributed by atoms with Crippen LogP contribution in [0.5, 0.6) is 0 Å². The van der Waals surface area contributed by atoms with Gasteiger partial charge in [0.2, 0.25) is 0 Å². The van der Waals surface area contributed by atoms with Gasteiger partial charge in [-0.15, -0.1) is 0 Å². The van der Waals surface area contributed by atoms with E-state index in [9.17, 15) is 0 Å². The van der Waals surface area contributed by atoms with Crippen LogP contribution in [0.1, 0.15) is 78.0 Å². The van der Waals surface area contributed by atoms with Gasteiger partial charge in [-0.3, -0.25) is 0 Å². The Hall–Kier alpha value is -6.70. The molecule has 1 spiro atoms. The maximum absolute atomic E-state index is 2.58. The fraction of sp³-hybridized carbons (Fsp3) is 0.138. The van der Waals surface area contributed by atoms with Gasteiger partial charge in [0.1, 0.15) is 0 Å². The van der Waals surface area contributed by atoms with Crippen LogP contribution >= 0.6 is 0 Å². The summed E-state index contributed by atoms with van der Waals surface area (Å²) < 4.78 is 0. The van der Waals surface area contributed by atoms with Crippen LogP contribution in [0.4, 0.5) is 11.4 Å². The molecule has 0 heterocycles. The molecule has 5 aliphatic rings. The average molecular weight is 756 g/mol. The van der Waals surface area contributed by atoms with Crippen molar-refractivity contribution in [2.45, 2.75) is 49.9 Å². The molecule has 12 rings (SSSR count). The maximum Gasteiger partial charge on any atom is 0.0725 e. The molecule has 7 aromatic carbocycles. The monoisotopic (exact) mass is 755 g/mol. The van der Waals surface area contributed by atoms with E-state index in [0.717, 1.165) is 19.3 Å². The van der Waals surface area contributed by atoms with Crippen LogP contribution < -0.4 is 4.90 Å². The molecule has 59 heavy (non-hydrogen) atoms. The van der Waals surface area contributed by atoms with E-state index < -0.39 is 0 Å². The molecule has 1 unspecified atom stereocenters. The molecule has 0 aromatic heterocycles. The van der Waals surface area contributed by atoms with Crippen LogP contribution in [0.3, 0.4) is 0 Å². The van der Waals surface area contributed by atoms with Gasteiger partial charge in [0, 0.05) is 34.0 Å². The number of hydrogen-bond donors (Lipinski definition) is 0. The Morgan fingerprint density at radius 1 is 0.475 bits per heavy atom. The van der Waals surface area contributed by atoms with E-state index in [2.05, 4.69) is 213 Å². The van der Waals surface area contributed by atoms with E-state index in [-0.39, 0.29) is 10.8 Å². The van der Waals surface area contributed by atoms with E-state index >= 15 is 0 Å². The number of anilines is 2. The number of rotatable bonds is 5. The first-order chi connectivity index (χ1) is 29.0. The Bertz CT molecular complexity index is 2960. The summed E-state index contributed by atoms with van der Waals surface area (Å²) in [5, 5.41) is 0. The van der Waals surface area contributed by atoms with E-state index in [1.54, 1.807) is 0 Å². The minimum absolute atomic E-state index is 0.118. The number of fused-ring (bicyclic) bond motifs is 13. The van der Waals surface area contributed by atoms with Crippen molar-refractivity contribution in [3.8, 4) is 33.4 Å². The molecular formula is C58H45N. The molecule has 0 radical (unpaired) electrons. The zero-order valence-electron chi connectivity index (χ0n) is 33.6. The summed E-state index contributed by atoms with van der Waals surface area (Å²) in [6.45, 7) is 4.78. The lowest BCUT2D eigenvalue weighted by molar-refractivity contribution is 0.660. The highest BCUT2D eigenvalue weighted by Crippen LogP contribution is 2.63. The van der Waals surface area contributed by atoms with Gasteiger partial charge in [0.05, 0.1) is 5.41 Å². The SMILES string of the molecule is CC1(C)c2ccccc2-c2ccc(N(C3=CCC(c4ccccc4)C=C3C3=CCCC=C3)c3ccc4c(c3)-c3ccccc3C43c4ccccc4-c4ccccc43)cc21. The normalized spacial score (nSPS) is 18.1. The lowest BCUT2D eigenvalue weighted by Gasteiger charge is -2.35. The van der Waals surface area contributed by atoms with Gasteiger partial charge < -0.3 is 4.90 Å². The van der Waals surface area contributed by atoms with Crippen molar-refractivity contribution in [1.29, 1.82) is 0 Å². The molecular weight excluding hydrogens is 711 g/mol. The Morgan fingerprint density at radius 3 is 1.68 bits per heavy atom. The minimum atomic E-state index is -0.373. The van der Waals surface area contributed by atoms with E-state index in [4.69, 9.17) is 0 Å². The fourth-order valence-electron chi connectivity index (χ4n) is 11.4. The third kappa shape index (κ3) is 4.85. The molecule has 1 nitrogen and oxygen atoms in total. The van der Waals surface area contributed by atoms with Gasteiger partial charge in [-0.2, -0.15) is 0 Å². The largest absolute Gasteiger partial charge is 0.310 e. The molecule has 7 aromatic rings. The van der Waals surface area contributed by atoms with E-state index in [0.29, 0.717) is 5.92 Å². The van der Waals surface area contributed by atoms with Gasteiger partial charge in [0.15, 0.2) is 0 Å². The molecule has 0 amide bonds. The molecule has 1 atom stereocenters. The molecule has 0 saturated carbocycles. The quantitative estimate of drug-likeness (QED) is 0.169. The van der Waals surface area contributed by atoms with Crippen molar-refractivity contribution >= 4 is 11.4 Å². The van der Waals surface area contributed by atoms with Crippen LogP contribution in [0, 0.1) is 0 Å². The Morgan fingerprint density at radius 2 is 1.02 bits per heavy atom. The second kappa shape index (κ2) is 12.9. The smallest absolute Gasteiger partial charge is 0.0725 e. The Balaban J connectivity index is 1.09. The predicted molar refractivity (Wildman–Crippen MR) is 245 cm³/mol. The Kier molecular flexibility index (Phi) is 7.51. The van der Waals surface area contributed by atoms with Gasteiger partial charge in [-0.05, 0) is 121 Å². The first-order valence-electron chi connectivity index (χ1n) is 21.4. The summed E-state index contributed by atoms with van der Waals surface area (Å²) in [5.74, 6) is 0.302. The van der Waals surface area contributed by atoms with Crippen LogP contribution in [-0.4, -0.2) is 0 Å². The highest BCUT2D eigenvalue weighted by Gasteiger charge is 2.51. The van der Waals surface area contributed by atoms with Crippen molar-refractivity contribution in [2.75, 3.05) is 4.90 Å². The molecule has 0 saturated heterocycles.